The number of aliphatic carboxylic acids is 1. The maximum atomic E-state index is 10.9. The van der Waals surface area contributed by atoms with Gasteiger partial charge in [-0.2, -0.15) is 0 Å². The van der Waals surface area contributed by atoms with Crippen LogP contribution in [0.2, 0.25) is 0 Å². The topological polar surface area (TPSA) is 67.3 Å². The van der Waals surface area contributed by atoms with E-state index in [-0.39, 0.29) is 6.42 Å². The number of rotatable bonds is 5. The molecule has 1 N–H and O–H groups in total. The molecule has 14 heavy (non-hydrogen) atoms. The third kappa shape index (κ3) is 2.65. The molecule has 0 aliphatic heterocycles. The lowest BCUT2D eigenvalue weighted by atomic mass is 9.96. The zero-order chi connectivity index (χ0) is 10.4. The van der Waals surface area contributed by atoms with Gasteiger partial charge in [0, 0.05) is 18.8 Å². The lowest BCUT2D eigenvalue weighted by Crippen LogP contribution is -2.11. The molecule has 0 saturated carbocycles. The van der Waals surface area contributed by atoms with Crippen LogP contribution in [-0.2, 0) is 9.59 Å². The molecule has 1 aromatic rings. The number of carbonyl (C=O) groups is 2. The third-order valence-electron chi connectivity index (χ3n) is 1.96. The summed E-state index contributed by atoms with van der Waals surface area (Å²) in [5.41, 5.74) is 0.641. The summed E-state index contributed by atoms with van der Waals surface area (Å²) < 4.78 is 0. The summed E-state index contributed by atoms with van der Waals surface area (Å²) in [5, 5.41) is 8.91. The number of carboxylic acids is 1. The van der Waals surface area contributed by atoms with Gasteiger partial charge in [0.05, 0.1) is 5.92 Å². The zero-order valence-electron chi connectivity index (χ0n) is 7.59. The van der Waals surface area contributed by atoms with Crippen molar-refractivity contribution < 1.29 is 14.7 Å². The minimum atomic E-state index is -0.917. The Morgan fingerprint density at radius 2 is 2.43 bits per heavy atom. The molecule has 0 aliphatic rings. The third-order valence-corrected chi connectivity index (χ3v) is 1.96. The van der Waals surface area contributed by atoms with Crippen LogP contribution >= 0.6 is 0 Å². The van der Waals surface area contributed by atoms with Gasteiger partial charge in [-0.1, -0.05) is 6.07 Å². The van der Waals surface area contributed by atoms with Gasteiger partial charge in [0.1, 0.15) is 6.29 Å². The first kappa shape index (κ1) is 10.4. The van der Waals surface area contributed by atoms with Crippen molar-refractivity contribution in [3.8, 4) is 0 Å². The van der Waals surface area contributed by atoms with Crippen LogP contribution in [0.1, 0.15) is 24.3 Å². The SMILES string of the molecule is O=CCCC(C(=O)O)c1cccnc1. The first-order valence-corrected chi connectivity index (χ1v) is 4.32. The second-order valence-corrected chi connectivity index (χ2v) is 2.92. The predicted octanol–water partition coefficient (Wildman–Crippen LogP) is 1.23. The summed E-state index contributed by atoms with van der Waals surface area (Å²) in [6, 6.07) is 3.39. The van der Waals surface area contributed by atoms with Crippen LogP contribution in [-0.4, -0.2) is 22.3 Å². The van der Waals surface area contributed by atoms with Gasteiger partial charge in [-0.3, -0.25) is 9.78 Å². The van der Waals surface area contributed by atoms with Crippen LogP contribution < -0.4 is 0 Å². The molecule has 74 valence electrons. The maximum absolute atomic E-state index is 10.9. The Kier molecular flexibility index (Phi) is 3.79. The van der Waals surface area contributed by atoms with Gasteiger partial charge >= 0.3 is 5.97 Å². The van der Waals surface area contributed by atoms with Crippen molar-refractivity contribution >= 4 is 12.3 Å². The minimum absolute atomic E-state index is 0.256. The molecule has 1 rings (SSSR count). The largest absolute Gasteiger partial charge is 0.481 e. The number of pyridine rings is 1. The van der Waals surface area contributed by atoms with Crippen molar-refractivity contribution in [2.45, 2.75) is 18.8 Å². The van der Waals surface area contributed by atoms with E-state index in [0.717, 1.165) is 6.29 Å². The lowest BCUT2D eigenvalue weighted by molar-refractivity contribution is -0.139. The van der Waals surface area contributed by atoms with Crippen LogP contribution in [0.15, 0.2) is 24.5 Å². The molecule has 0 radical (unpaired) electrons. The van der Waals surface area contributed by atoms with E-state index in [1.54, 1.807) is 18.3 Å². The number of aldehydes is 1. The van der Waals surface area contributed by atoms with Crippen LogP contribution in [0.25, 0.3) is 0 Å². The fourth-order valence-corrected chi connectivity index (χ4v) is 1.25. The normalized spacial score (nSPS) is 12.0. The highest BCUT2D eigenvalue weighted by Gasteiger charge is 2.18. The van der Waals surface area contributed by atoms with E-state index < -0.39 is 11.9 Å². The molecule has 1 atom stereocenters. The number of hydrogen-bond donors (Lipinski definition) is 1. The standard InChI is InChI=1S/C10H11NO3/c12-6-2-4-9(10(13)14)8-3-1-5-11-7-8/h1,3,5-7,9H,2,4H2,(H,13,14). The Hall–Kier alpha value is -1.71. The molecule has 1 heterocycles. The summed E-state index contributed by atoms with van der Waals surface area (Å²) in [4.78, 5) is 24.9. The molecular weight excluding hydrogens is 182 g/mol. The van der Waals surface area contributed by atoms with Crippen molar-refractivity contribution in [2.24, 2.45) is 0 Å². The van der Waals surface area contributed by atoms with E-state index in [1.807, 2.05) is 0 Å². The molecule has 0 amide bonds. The molecule has 4 nitrogen and oxygen atoms in total. The van der Waals surface area contributed by atoms with Crippen molar-refractivity contribution in [1.29, 1.82) is 0 Å². The van der Waals surface area contributed by atoms with Gasteiger partial charge in [0.2, 0.25) is 0 Å². The lowest BCUT2D eigenvalue weighted by Gasteiger charge is -2.09. The van der Waals surface area contributed by atoms with E-state index in [4.69, 9.17) is 5.11 Å². The first-order chi connectivity index (χ1) is 6.75. The highest BCUT2D eigenvalue weighted by atomic mass is 16.4. The Morgan fingerprint density at radius 3 is 2.93 bits per heavy atom. The van der Waals surface area contributed by atoms with Crippen molar-refractivity contribution in [1.82, 2.24) is 4.98 Å². The number of hydrogen-bond acceptors (Lipinski definition) is 3. The summed E-state index contributed by atoms with van der Waals surface area (Å²) in [6.45, 7) is 0. The molecule has 0 fully saturated rings. The molecule has 1 aromatic heterocycles. The number of carbonyl (C=O) groups excluding carboxylic acids is 1. The van der Waals surface area contributed by atoms with Gasteiger partial charge in [-0.05, 0) is 18.1 Å². The molecule has 0 aliphatic carbocycles. The van der Waals surface area contributed by atoms with Gasteiger partial charge in [0.25, 0.3) is 0 Å². The molecule has 0 saturated heterocycles. The van der Waals surface area contributed by atoms with Crippen molar-refractivity contribution in [3.05, 3.63) is 30.1 Å². The van der Waals surface area contributed by atoms with Gasteiger partial charge in [-0.25, -0.2) is 0 Å². The van der Waals surface area contributed by atoms with Crippen LogP contribution in [0.3, 0.4) is 0 Å². The average molecular weight is 193 g/mol. The monoisotopic (exact) mass is 193 g/mol. The maximum Gasteiger partial charge on any atom is 0.311 e. The Labute approximate surface area is 81.6 Å². The van der Waals surface area contributed by atoms with Gasteiger partial charge in [0.15, 0.2) is 0 Å². The quantitative estimate of drug-likeness (QED) is 0.714. The van der Waals surface area contributed by atoms with E-state index >= 15 is 0 Å². The van der Waals surface area contributed by atoms with Gasteiger partial charge in [-0.15, -0.1) is 0 Å². The molecule has 0 bridgehead atoms. The number of carboxylic acid groups (broad SMARTS) is 1. The van der Waals surface area contributed by atoms with E-state index in [0.29, 0.717) is 12.0 Å². The highest BCUT2D eigenvalue weighted by molar-refractivity contribution is 5.76. The smallest absolute Gasteiger partial charge is 0.311 e. The molecule has 1 unspecified atom stereocenters. The van der Waals surface area contributed by atoms with E-state index in [9.17, 15) is 9.59 Å². The number of nitrogens with zero attached hydrogens (tertiary/aromatic N) is 1. The zero-order valence-corrected chi connectivity index (χ0v) is 7.59. The first-order valence-electron chi connectivity index (χ1n) is 4.32. The van der Waals surface area contributed by atoms with E-state index in [1.165, 1.54) is 6.20 Å². The van der Waals surface area contributed by atoms with Gasteiger partial charge < -0.3 is 9.90 Å². The average Bonchev–Trinajstić information content (AvgIpc) is 2.19. The van der Waals surface area contributed by atoms with Crippen molar-refractivity contribution in [2.75, 3.05) is 0 Å². The Bertz CT molecular complexity index is 310. The fourth-order valence-electron chi connectivity index (χ4n) is 1.25. The summed E-state index contributed by atoms with van der Waals surface area (Å²) >= 11 is 0. The minimum Gasteiger partial charge on any atom is -0.481 e. The molecule has 0 spiro atoms. The molecular formula is C10H11NO3. The second kappa shape index (κ2) is 5.11. The summed E-state index contributed by atoms with van der Waals surface area (Å²) in [6.07, 6.45) is 4.41. The Morgan fingerprint density at radius 1 is 1.64 bits per heavy atom. The van der Waals surface area contributed by atoms with Crippen LogP contribution in [0.4, 0.5) is 0 Å². The highest BCUT2D eigenvalue weighted by Crippen LogP contribution is 2.19. The van der Waals surface area contributed by atoms with Crippen LogP contribution in [0, 0.1) is 0 Å². The Balaban J connectivity index is 2.78. The number of aromatic nitrogens is 1. The van der Waals surface area contributed by atoms with Crippen molar-refractivity contribution in [3.63, 3.8) is 0 Å². The molecule has 0 aromatic carbocycles. The molecule has 4 heteroatoms. The second-order valence-electron chi connectivity index (χ2n) is 2.92. The summed E-state index contributed by atoms with van der Waals surface area (Å²) in [5.74, 6) is -1.55. The fraction of sp³-hybridized carbons (Fsp3) is 0.300. The van der Waals surface area contributed by atoms with E-state index in [2.05, 4.69) is 4.98 Å². The van der Waals surface area contributed by atoms with Crippen LogP contribution in [0.5, 0.6) is 0 Å². The summed E-state index contributed by atoms with van der Waals surface area (Å²) in [7, 11) is 0. The predicted molar refractivity (Wildman–Crippen MR) is 49.9 cm³/mol.